The number of carbonyl (C=O) groups excluding carboxylic acids is 2. The van der Waals surface area contributed by atoms with Gasteiger partial charge in [-0.1, -0.05) is 23.2 Å². The number of Topliss-reactive ketones (excluding diaryl/α,β-unsaturated/α-hetero) is 1. The van der Waals surface area contributed by atoms with Gasteiger partial charge in [-0.2, -0.15) is 0 Å². The van der Waals surface area contributed by atoms with Crippen molar-refractivity contribution in [1.82, 2.24) is 4.98 Å². The number of aromatic nitrogens is 1. The van der Waals surface area contributed by atoms with E-state index in [1.165, 1.54) is 32.5 Å². The van der Waals surface area contributed by atoms with Crippen molar-refractivity contribution in [3.63, 3.8) is 0 Å². The third-order valence-corrected chi connectivity index (χ3v) is 3.76. The molecule has 0 saturated carbocycles. The number of hydrogen-bond acceptors (Lipinski definition) is 6. The van der Waals surface area contributed by atoms with Crippen molar-refractivity contribution in [2.45, 2.75) is 0 Å². The fourth-order valence-electron chi connectivity index (χ4n) is 1.86. The van der Waals surface area contributed by atoms with Crippen molar-refractivity contribution in [3.8, 4) is 11.5 Å². The Morgan fingerprint density at radius 1 is 1.12 bits per heavy atom. The zero-order chi connectivity index (χ0) is 17.7. The number of hydrogen-bond donors (Lipinski definition) is 0. The number of esters is 1. The number of methoxy groups -OCH3 is 2. The van der Waals surface area contributed by atoms with Crippen LogP contribution in [0.2, 0.25) is 10.2 Å². The molecule has 0 radical (unpaired) electrons. The Labute approximate surface area is 148 Å². The molecule has 0 N–H and O–H groups in total. The summed E-state index contributed by atoms with van der Waals surface area (Å²) in [5, 5.41) is 0.192. The van der Waals surface area contributed by atoms with Crippen LogP contribution in [0.4, 0.5) is 0 Å². The predicted octanol–water partition coefficient (Wildman–Crippen LogP) is 3.45. The van der Waals surface area contributed by atoms with Crippen molar-refractivity contribution >= 4 is 35.0 Å². The molecule has 8 heteroatoms. The van der Waals surface area contributed by atoms with Crippen LogP contribution in [0.3, 0.4) is 0 Å². The molecular weight excluding hydrogens is 357 g/mol. The second kappa shape index (κ2) is 7.99. The molecule has 24 heavy (non-hydrogen) atoms. The number of ether oxygens (including phenoxy) is 3. The predicted molar refractivity (Wildman–Crippen MR) is 88.4 cm³/mol. The van der Waals surface area contributed by atoms with E-state index in [-0.39, 0.29) is 21.3 Å². The molecule has 126 valence electrons. The van der Waals surface area contributed by atoms with Crippen LogP contribution < -0.4 is 9.47 Å². The van der Waals surface area contributed by atoms with Gasteiger partial charge in [0, 0.05) is 6.20 Å². The maximum atomic E-state index is 12.3. The lowest BCUT2D eigenvalue weighted by Crippen LogP contribution is -2.15. The first-order valence-corrected chi connectivity index (χ1v) is 7.45. The van der Waals surface area contributed by atoms with E-state index in [0.717, 1.165) is 0 Å². The second-order valence-corrected chi connectivity index (χ2v) is 5.33. The minimum Gasteiger partial charge on any atom is -0.497 e. The molecule has 2 rings (SSSR count). The quantitative estimate of drug-likeness (QED) is 0.441. The van der Waals surface area contributed by atoms with Crippen molar-refractivity contribution in [2.75, 3.05) is 20.8 Å². The Hall–Kier alpha value is -2.31. The van der Waals surface area contributed by atoms with Crippen LogP contribution in [-0.2, 0) is 4.74 Å². The lowest BCUT2D eigenvalue weighted by atomic mass is 10.1. The fourth-order valence-corrected chi connectivity index (χ4v) is 2.13. The van der Waals surface area contributed by atoms with Gasteiger partial charge in [-0.3, -0.25) is 4.79 Å². The van der Waals surface area contributed by atoms with Gasteiger partial charge in [-0.05, 0) is 24.3 Å². The molecule has 0 aliphatic carbocycles. The highest BCUT2D eigenvalue weighted by Gasteiger charge is 2.17. The number of nitrogens with zero attached hydrogens (tertiary/aromatic N) is 1. The highest BCUT2D eigenvalue weighted by atomic mass is 35.5. The molecule has 1 aromatic heterocycles. The lowest BCUT2D eigenvalue weighted by molar-refractivity contribution is 0.0473. The highest BCUT2D eigenvalue weighted by Crippen LogP contribution is 2.25. The molecule has 0 spiro atoms. The number of pyridine rings is 1. The van der Waals surface area contributed by atoms with E-state index in [1.807, 2.05) is 0 Å². The first-order chi connectivity index (χ1) is 11.5. The van der Waals surface area contributed by atoms with Crippen LogP contribution in [0.1, 0.15) is 20.7 Å². The average Bonchev–Trinajstić information content (AvgIpc) is 2.60. The summed E-state index contributed by atoms with van der Waals surface area (Å²) in [7, 11) is 2.92. The minimum atomic E-state index is -0.740. The molecular formula is C16H13Cl2NO5. The molecule has 0 saturated heterocycles. The van der Waals surface area contributed by atoms with Gasteiger partial charge in [0.2, 0.25) is 5.78 Å². The molecule has 0 aliphatic heterocycles. The Bertz CT molecular complexity index is 779. The van der Waals surface area contributed by atoms with Crippen LogP contribution in [0.25, 0.3) is 0 Å². The lowest BCUT2D eigenvalue weighted by Gasteiger charge is -2.10. The number of carbonyl (C=O) groups is 2. The third kappa shape index (κ3) is 4.15. The Morgan fingerprint density at radius 2 is 1.88 bits per heavy atom. The van der Waals surface area contributed by atoms with E-state index in [0.29, 0.717) is 11.5 Å². The maximum Gasteiger partial charge on any atom is 0.340 e. The Balaban J connectivity index is 2.10. The van der Waals surface area contributed by atoms with Gasteiger partial charge in [0.15, 0.2) is 6.61 Å². The normalized spacial score (nSPS) is 10.2. The van der Waals surface area contributed by atoms with E-state index < -0.39 is 18.4 Å². The Morgan fingerprint density at radius 3 is 2.50 bits per heavy atom. The molecule has 0 bridgehead atoms. The number of benzene rings is 1. The first kappa shape index (κ1) is 18.0. The molecule has 0 aliphatic rings. The average molecular weight is 370 g/mol. The summed E-state index contributed by atoms with van der Waals surface area (Å²) < 4.78 is 15.2. The highest BCUT2D eigenvalue weighted by molar-refractivity contribution is 6.41. The smallest absolute Gasteiger partial charge is 0.340 e. The monoisotopic (exact) mass is 369 g/mol. The zero-order valence-electron chi connectivity index (χ0n) is 12.8. The molecule has 6 nitrogen and oxygen atoms in total. The van der Waals surface area contributed by atoms with Crippen LogP contribution in [0, 0.1) is 0 Å². The van der Waals surface area contributed by atoms with Crippen molar-refractivity contribution in [1.29, 1.82) is 0 Å². The molecule has 1 aromatic carbocycles. The summed E-state index contributed by atoms with van der Waals surface area (Å²) in [5.74, 6) is -0.337. The van der Waals surface area contributed by atoms with Crippen LogP contribution in [0.15, 0.2) is 30.5 Å². The van der Waals surface area contributed by atoms with Gasteiger partial charge in [0.05, 0.1) is 30.4 Å². The second-order valence-electron chi connectivity index (χ2n) is 4.56. The summed E-state index contributed by atoms with van der Waals surface area (Å²) in [4.78, 5) is 28.0. The van der Waals surface area contributed by atoms with Gasteiger partial charge >= 0.3 is 5.97 Å². The number of ketones is 1. The maximum absolute atomic E-state index is 12.3. The van der Waals surface area contributed by atoms with Gasteiger partial charge in [0.25, 0.3) is 0 Å². The molecule has 0 unspecified atom stereocenters. The summed E-state index contributed by atoms with van der Waals surface area (Å²) >= 11 is 11.5. The van der Waals surface area contributed by atoms with E-state index in [4.69, 9.17) is 37.4 Å². The topological polar surface area (TPSA) is 74.7 Å². The van der Waals surface area contributed by atoms with E-state index >= 15 is 0 Å². The van der Waals surface area contributed by atoms with Crippen LogP contribution >= 0.6 is 23.2 Å². The molecule has 0 fully saturated rings. The molecule has 0 amide bonds. The third-order valence-electron chi connectivity index (χ3n) is 3.07. The van der Waals surface area contributed by atoms with Crippen molar-refractivity contribution < 1.29 is 23.8 Å². The molecule has 0 atom stereocenters. The molecule has 1 heterocycles. The largest absolute Gasteiger partial charge is 0.497 e. The minimum absolute atomic E-state index is 0.0745. The van der Waals surface area contributed by atoms with Gasteiger partial charge < -0.3 is 14.2 Å². The molecule has 2 aromatic rings. The van der Waals surface area contributed by atoms with Crippen molar-refractivity contribution in [3.05, 3.63) is 51.8 Å². The van der Waals surface area contributed by atoms with Gasteiger partial charge in [-0.25, -0.2) is 9.78 Å². The van der Waals surface area contributed by atoms with Crippen LogP contribution in [0.5, 0.6) is 11.5 Å². The summed E-state index contributed by atoms with van der Waals surface area (Å²) in [6.45, 7) is -0.470. The fraction of sp³-hybridized carbons (Fsp3) is 0.188. The first-order valence-electron chi connectivity index (χ1n) is 6.69. The number of halogens is 2. The summed E-state index contributed by atoms with van der Waals surface area (Å²) in [6, 6.07) is 6.07. The van der Waals surface area contributed by atoms with E-state index in [1.54, 1.807) is 12.1 Å². The Kier molecular flexibility index (Phi) is 6.00. The zero-order valence-corrected chi connectivity index (χ0v) is 14.4. The summed E-state index contributed by atoms with van der Waals surface area (Å²) in [5.41, 5.74) is 0.340. The van der Waals surface area contributed by atoms with E-state index in [2.05, 4.69) is 4.98 Å². The van der Waals surface area contributed by atoms with Crippen molar-refractivity contribution in [2.24, 2.45) is 0 Å². The SMILES string of the molecule is COc1ccc(OC)c(C(=O)COC(=O)c2cnc(Cl)c(Cl)c2)c1. The summed E-state index contributed by atoms with van der Waals surface area (Å²) in [6.07, 6.45) is 1.22. The van der Waals surface area contributed by atoms with Crippen LogP contribution in [-0.4, -0.2) is 37.6 Å². The number of rotatable bonds is 6. The van der Waals surface area contributed by atoms with Gasteiger partial charge in [-0.15, -0.1) is 0 Å². The van der Waals surface area contributed by atoms with E-state index in [9.17, 15) is 9.59 Å². The standard InChI is InChI=1S/C16H13Cl2NO5/c1-22-10-3-4-14(23-2)11(6-10)13(20)8-24-16(21)9-5-12(17)15(18)19-7-9/h3-7H,8H2,1-2H3. The van der Waals surface area contributed by atoms with Gasteiger partial charge in [0.1, 0.15) is 16.7 Å².